The van der Waals surface area contributed by atoms with E-state index in [1.54, 1.807) is 31.2 Å². The van der Waals surface area contributed by atoms with Crippen molar-refractivity contribution < 1.29 is 18.0 Å². The first-order valence-corrected chi connectivity index (χ1v) is 8.85. The summed E-state index contributed by atoms with van der Waals surface area (Å²) in [4.78, 5) is 14.1. The Hall–Kier alpha value is -2.76. The number of allylic oxidation sites excluding steroid dienone is 1. The summed E-state index contributed by atoms with van der Waals surface area (Å²) >= 11 is 0. The van der Waals surface area contributed by atoms with E-state index in [-0.39, 0.29) is 17.6 Å². The third kappa shape index (κ3) is 4.70. The number of hydrogen-bond acceptors (Lipinski definition) is 2. The molecule has 0 aromatic heterocycles. The van der Waals surface area contributed by atoms with Crippen molar-refractivity contribution in [3.63, 3.8) is 0 Å². The second kappa shape index (κ2) is 8.29. The molecule has 1 heterocycles. The average Bonchev–Trinajstić information content (AvgIpc) is 3.11. The molecular weight excluding hydrogens is 353 g/mol. The van der Waals surface area contributed by atoms with Crippen LogP contribution in [0.1, 0.15) is 18.9 Å². The van der Waals surface area contributed by atoms with Gasteiger partial charge in [0.25, 0.3) is 0 Å². The first-order chi connectivity index (χ1) is 12.9. The highest BCUT2D eigenvalue weighted by atomic mass is 19.2. The van der Waals surface area contributed by atoms with Crippen LogP contribution in [0.4, 0.5) is 18.9 Å². The van der Waals surface area contributed by atoms with Crippen molar-refractivity contribution in [2.45, 2.75) is 13.3 Å². The summed E-state index contributed by atoms with van der Waals surface area (Å²) in [6.07, 6.45) is 2.23. The Morgan fingerprint density at radius 2 is 1.93 bits per heavy atom. The van der Waals surface area contributed by atoms with Crippen LogP contribution in [0.5, 0.6) is 0 Å². The summed E-state index contributed by atoms with van der Waals surface area (Å²) in [6.45, 7) is 3.54. The number of nitrogens with one attached hydrogen (secondary N) is 1. The Morgan fingerprint density at radius 3 is 2.67 bits per heavy atom. The SMILES string of the molecule is CC(=CC(=O)NCC1CCN(c2ccc(F)c(F)c2)C1)c1ccccc1F. The van der Waals surface area contributed by atoms with Gasteiger partial charge in [-0.25, -0.2) is 13.2 Å². The van der Waals surface area contributed by atoms with E-state index in [1.165, 1.54) is 18.2 Å². The fourth-order valence-electron chi connectivity index (χ4n) is 3.27. The number of carbonyl (C=O) groups excluding carboxylic acids is 1. The van der Waals surface area contributed by atoms with Crippen molar-refractivity contribution in [1.29, 1.82) is 0 Å². The molecule has 1 N–H and O–H groups in total. The minimum absolute atomic E-state index is 0.212. The summed E-state index contributed by atoms with van der Waals surface area (Å²) < 4.78 is 40.2. The van der Waals surface area contributed by atoms with Gasteiger partial charge in [-0.15, -0.1) is 0 Å². The number of halogens is 3. The van der Waals surface area contributed by atoms with Crippen LogP contribution in [0.15, 0.2) is 48.5 Å². The zero-order valence-electron chi connectivity index (χ0n) is 15.0. The van der Waals surface area contributed by atoms with Crippen molar-refractivity contribution in [3.05, 3.63) is 71.6 Å². The predicted molar refractivity (Wildman–Crippen MR) is 99.7 cm³/mol. The molecule has 1 atom stereocenters. The van der Waals surface area contributed by atoms with Gasteiger partial charge in [-0.1, -0.05) is 18.2 Å². The quantitative estimate of drug-likeness (QED) is 0.798. The van der Waals surface area contributed by atoms with Crippen molar-refractivity contribution >= 4 is 17.2 Å². The number of hydrogen-bond donors (Lipinski definition) is 1. The zero-order chi connectivity index (χ0) is 19.4. The van der Waals surface area contributed by atoms with Gasteiger partial charge in [-0.2, -0.15) is 0 Å². The Kier molecular flexibility index (Phi) is 5.84. The van der Waals surface area contributed by atoms with Gasteiger partial charge in [0.1, 0.15) is 5.82 Å². The van der Waals surface area contributed by atoms with Crippen molar-refractivity contribution in [2.75, 3.05) is 24.5 Å². The van der Waals surface area contributed by atoms with Gasteiger partial charge in [0.15, 0.2) is 11.6 Å². The molecule has 6 heteroatoms. The Balaban J connectivity index is 1.53. The first-order valence-electron chi connectivity index (χ1n) is 8.85. The van der Waals surface area contributed by atoms with E-state index in [0.29, 0.717) is 29.9 Å². The molecule has 2 aromatic carbocycles. The molecule has 1 fully saturated rings. The van der Waals surface area contributed by atoms with Crippen LogP contribution < -0.4 is 10.2 Å². The number of anilines is 1. The maximum atomic E-state index is 13.8. The molecule has 0 saturated carbocycles. The van der Waals surface area contributed by atoms with Gasteiger partial charge < -0.3 is 10.2 Å². The van der Waals surface area contributed by atoms with Crippen LogP contribution in [0, 0.1) is 23.4 Å². The molecule has 1 unspecified atom stereocenters. The summed E-state index contributed by atoms with van der Waals surface area (Å²) in [5.74, 6) is -2.15. The van der Waals surface area contributed by atoms with E-state index >= 15 is 0 Å². The highest BCUT2D eigenvalue weighted by molar-refractivity contribution is 5.94. The van der Waals surface area contributed by atoms with Crippen molar-refractivity contribution in [3.8, 4) is 0 Å². The highest BCUT2D eigenvalue weighted by Gasteiger charge is 2.23. The molecule has 0 aliphatic carbocycles. The lowest BCUT2D eigenvalue weighted by atomic mass is 10.1. The molecule has 1 aliphatic heterocycles. The van der Waals surface area contributed by atoms with E-state index < -0.39 is 11.6 Å². The minimum atomic E-state index is -0.863. The fourth-order valence-corrected chi connectivity index (χ4v) is 3.27. The lowest BCUT2D eigenvalue weighted by molar-refractivity contribution is -0.116. The van der Waals surface area contributed by atoms with Gasteiger partial charge in [-0.3, -0.25) is 4.79 Å². The van der Waals surface area contributed by atoms with E-state index in [1.807, 2.05) is 4.90 Å². The monoisotopic (exact) mass is 374 g/mol. The van der Waals surface area contributed by atoms with Gasteiger partial charge >= 0.3 is 0 Å². The van der Waals surface area contributed by atoms with Crippen LogP contribution in [0.2, 0.25) is 0 Å². The molecule has 27 heavy (non-hydrogen) atoms. The van der Waals surface area contributed by atoms with Crippen molar-refractivity contribution in [1.82, 2.24) is 5.32 Å². The molecule has 142 valence electrons. The topological polar surface area (TPSA) is 32.3 Å². The average molecular weight is 374 g/mol. The number of rotatable bonds is 5. The maximum absolute atomic E-state index is 13.8. The Bertz CT molecular complexity index is 866. The summed E-state index contributed by atoms with van der Waals surface area (Å²) in [5.41, 5.74) is 1.59. The summed E-state index contributed by atoms with van der Waals surface area (Å²) in [5, 5.41) is 2.84. The molecular formula is C21H21F3N2O. The molecule has 1 aliphatic rings. The molecule has 2 aromatic rings. The predicted octanol–water partition coefficient (Wildman–Crippen LogP) is 4.15. The van der Waals surface area contributed by atoms with E-state index in [2.05, 4.69) is 5.32 Å². The van der Waals surface area contributed by atoms with Gasteiger partial charge in [0.05, 0.1) is 0 Å². The van der Waals surface area contributed by atoms with Crippen LogP contribution in [0.25, 0.3) is 5.57 Å². The molecule has 0 radical (unpaired) electrons. The van der Waals surface area contributed by atoms with Crippen LogP contribution in [-0.2, 0) is 4.79 Å². The summed E-state index contributed by atoms with van der Waals surface area (Å²) in [6, 6.07) is 10.2. The number of benzene rings is 2. The number of carbonyl (C=O) groups is 1. The van der Waals surface area contributed by atoms with Crippen molar-refractivity contribution in [2.24, 2.45) is 5.92 Å². The van der Waals surface area contributed by atoms with E-state index in [4.69, 9.17) is 0 Å². The Morgan fingerprint density at radius 1 is 1.15 bits per heavy atom. The highest BCUT2D eigenvalue weighted by Crippen LogP contribution is 2.25. The molecule has 1 amide bonds. The lowest BCUT2D eigenvalue weighted by Crippen LogP contribution is -2.30. The zero-order valence-corrected chi connectivity index (χ0v) is 15.0. The second-order valence-corrected chi connectivity index (χ2v) is 6.75. The largest absolute Gasteiger partial charge is 0.371 e. The van der Waals surface area contributed by atoms with Gasteiger partial charge in [0.2, 0.25) is 5.91 Å². The molecule has 0 bridgehead atoms. The second-order valence-electron chi connectivity index (χ2n) is 6.75. The third-order valence-electron chi connectivity index (χ3n) is 4.77. The number of amides is 1. The van der Waals surface area contributed by atoms with Crippen LogP contribution in [-0.4, -0.2) is 25.5 Å². The third-order valence-corrected chi connectivity index (χ3v) is 4.77. The maximum Gasteiger partial charge on any atom is 0.244 e. The van der Waals surface area contributed by atoms with Crippen LogP contribution in [0.3, 0.4) is 0 Å². The van der Waals surface area contributed by atoms with E-state index in [9.17, 15) is 18.0 Å². The van der Waals surface area contributed by atoms with Gasteiger partial charge in [0, 0.05) is 43.0 Å². The first kappa shape index (κ1) is 19.0. The fraction of sp³-hybridized carbons (Fsp3) is 0.286. The van der Waals surface area contributed by atoms with Gasteiger partial charge in [-0.05, 0) is 43.0 Å². The smallest absolute Gasteiger partial charge is 0.244 e. The lowest BCUT2D eigenvalue weighted by Gasteiger charge is -2.19. The minimum Gasteiger partial charge on any atom is -0.371 e. The van der Waals surface area contributed by atoms with E-state index in [0.717, 1.165) is 19.0 Å². The molecule has 0 spiro atoms. The Labute approximate surface area is 156 Å². The number of nitrogens with zero attached hydrogens (tertiary/aromatic N) is 1. The molecule has 3 rings (SSSR count). The standard InChI is InChI=1S/C21H21F3N2O/c1-14(17-4-2-3-5-18(17)22)10-21(27)25-12-15-8-9-26(13-15)16-6-7-19(23)20(24)11-16/h2-7,10-11,15H,8-9,12-13H2,1H3,(H,25,27). The van der Waals surface area contributed by atoms with Crippen LogP contribution >= 0.6 is 0 Å². The summed E-state index contributed by atoms with van der Waals surface area (Å²) in [7, 11) is 0. The molecule has 3 nitrogen and oxygen atoms in total. The molecule has 1 saturated heterocycles. The normalized spacial score (nSPS) is 17.3.